The highest BCUT2D eigenvalue weighted by molar-refractivity contribution is 6.08. The highest BCUT2D eigenvalue weighted by atomic mass is 16.3. The lowest BCUT2D eigenvalue weighted by atomic mass is 9.63. The Morgan fingerprint density at radius 1 is 0.957 bits per heavy atom. The van der Waals surface area contributed by atoms with E-state index in [4.69, 9.17) is 0 Å². The second kappa shape index (κ2) is 5.88. The molecule has 0 aliphatic heterocycles. The van der Waals surface area contributed by atoms with Crippen LogP contribution in [0.4, 0.5) is 0 Å². The van der Waals surface area contributed by atoms with Gasteiger partial charge in [-0.15, -0.1) is 0 Å². The lowest BCUT2D eigenvalue weighted by Crippen LogP contribution is -2.43. The fourth-order valence-corrected chi connectivity index (χ4v) is 4.18. The minimum Gasteiger partial charge on any atom is -0.512 e. The van der Waals surface area contributed by atoms with E-state index >= 15 is 0 Å². The van der Waals surface area contributed by atoms with E-state index in [-0.39, 0.29) is 33.9 Å². The van der Waals surface area contributed by atoms with Gasteiger partial charge >= 0.3 is 0 Å². The van der Waals surface area contributed by atoms with Crippen LogP contribution >= 0.6 is 0 Å². The minimum absolute atomic E-state index is 0.0727. The standard InChI is InChI=1S/C19H28O4/c1-6-11(16-12(20)7-18(2,3)8-13(16)21)17-14(22)9-19(4,5)10-15(17)23/h11,16,22H,6-10H2,1-5H3. The smallest absolute Gasteiger partial charge is 0.163 e. The SMILES string of the molecule is CCC(C1=C(O)CC(C)(C)CC1=O)C1C(=O)CC(C)(C)CC1=O. The summed E-state index contributed by atoms with van der Waals surface area (Å²) in [5.41, 5.74) is -0.248. The van der Waals surface area contributed by atoms with Crippen molar-refractivity contribution < 1.29 is 19.5 Å². The number of ketones is 3. The van der Waals surface area contributed by atoms with Gasteiger partial charge in [0.1, 0.15) is 11.6 Å². The van der Waals surface area contributed by atoms with Crippen molar-refractivity contribution >= 4 is 17.3 Å². The molecule has 0 amide bonds. The molecule has 1 saturated carbocycles. The molecule has 0 radical (unpaired) electrons. The molecule has 0 heterocycles. The number of hydrogen-bond donors (Lipinski definition) is 1. The van der Waals surface area contributed by atoms with E-state index in [1.165, 1.54) is 0 Å². The molecule has 1 unspecified atom stereocenters. The molecule has 2 rings (SSSR count). The van der Waals surface area contributed by atoms with Crippen molar-refractivity contribution in [1.82, 2.24) is 0 Å². The van der Waals surface area contributed by atoms with Gasteiger partial charge in [0.05, 0.1) is 11.7 Å². The topological polar surface area (TPSA) is 71.4 Å². The van der Waals surface area contributed by atoms with Crippen LogP contribution in [-0.2, 0) is 14.4 Å². The van der Waals surface area contributed by atoms with E-state index in [1.807, 2.05) is 34.6 Å². The van der Waals surface area contributed by atoms with Gasteiger partial charge in [0.15, 0.2) is 5.78 Å². The molecule has 0 aromatic rings. The first-order valence-electron chi connectivity index (χ1n) is 8.48. The highest BCUT2D eigenvalue weighted by Gasteiger charge is 2.47. The molecule has 0 saturated heterocycles. The van der Waals surface area contributed by atoms with E-state index < -0.39 is 11.8 Å². The molecule has 23 heavy (non-hydrogen) atoms. The van der Waals surface area contributed by atoms with Crippen LogP contribution in [0, 0.1) is 22.7 Å². The van der Waals surface area contributed by atoms with Gasteiger partial charge in [-0.25, -0.2) is 0 Å². The molecule has 0 aromatic carbocycles. The number of aliphatic hydroxyl groups excluding tert-OH is 1. The fourth-order valence-electron chi connectivity index (χ4n) is 4.18. The first-order chi connectivity index (χ1) is 10.5. The Kier molecular flexibility index (Phi) is 4.57. The molecule has 0 bridgehead atoms. The number of carbonyl (C=O) groups excluding carboxylic acids is 3. The number of hydrogen-bond acceptors (Lipinski definition) is 4. The second-order valence-electron chi connectivity index (χ2n) is 8.74. The summed E-state index contributed by atoms with van der Waals surface area (Å²) in [6.07, 6.45) is 1.99. The van der Waals surface area contributed by atoms with Crippen molar-refractivity contribution in [3.8, 4) is 0 Å². The largest absolute Gasteiger partial charge is 0.512 e. The summed E-state index contributed by atoms with van der Waals surface area (Å²) < 4.78 is 0. The van der Waals surface area contributed by atoms with Crippen molar-refractivity contribution in [3.63, 3.8) is 0 Å². The van der Waals surface area contributed by atoms with Gasteiger partial charge in [-0.05, 0) is 17.3 Å². The Labute approximate surface area is 138 Å². The van der Waals surface area contributed by atoms with Gasteiger partial charge in [-0.2, -0.15) is 0 Å². The van der Waals surface area contributed by atoms with E-state index in [9.17, 15) is 19.5 Å². The van der Waals surface area contributed by atoms with Gasteiger partial charge in [0.25, 0.3) is 0 Å². The molecular formula is C19H28O4. The van der Waals surface area contributed by atoms with Gasteiger partial charge < -0.3 is 5.11 Å². The molecule has 2 aliphatic rings. The molecule has 2 aliphatic carbocycles. The maximum Gasteiger partial charge on any atom is 0.163 e. The predicted molar refractivity (Wildman–Crippen MR) is 88.0 cm³/mol. The molecule has 0 aromatic heterocycles. The van der Waals surface area contributed by atoms with Crippen LogP contribution in [-0.4, -0.2) is 22.5 Å². The third-order valence-corrected chi connectivity index (χ3v) is 5.11. The number of allylic oxidation sites excluding steroid dienone is 2. The number of aliphatic hydroxyl groups is 1. The summed E-state index contributed by atoms with van der Waals surface area (Å²) in [7, 11) is 0. The van der Waals surface area contributed by atoms with Crippen LogP contribution < -0.4 is 0 Å². The Hall–Kier alpha value is -1.45. The first kappa shape index (κ1) is 17.9. The third-order valence-electron chi connectivity index (χ3n) is 5.11. The molecule has 1 fully saturated rings. The van der Waals surface area contributed by atoms with Gasteiger partial charge in [-0.3, -0.25) is 14.4 Å². The van der Waals surface area contributed by atoms with Crippen LogP contribution in [0.2, 0.25) is 0 Å². The molecule has 0 spiro atoms. The van der Waals surface area contributed by atoms with Crippen molar-refractivity contribution in [1.29, 1.82) is 0 Å². The summed E-state index contributed by atoms with van der Waals surface area (Å²) >= 11 is 0. The monoisotopic (exact) mass is 320 g/mol. The summed E-state index contributed by atoms with van der Waals surface area (Å²) in [5.74, 6) is -1.46. The fraction of sp³-hybridized carbons (Fsp3) is 0.737. The number of rotatable bonds is 3. The van der Waals surface area contributed by atoms with Gasteiger partial charge in [0.2, 0.25) is 0 Å². The van der Waals surface area contributed by atoms with E-state index in [0.29, 0.717) is 37.7 Å². The molecular weight excluding hydrogens is 292 g/mol. The lowest BCUT2D eigenvalue weighted by molar-refractivity contribution is -0.141. The lowest BCUT2D eigenvalue weighted by Gasteiger charge is -2.38. The van der Waals surface area contributed by atoms with Crippen molar-refractivity contribution in [2.45, 2.75) is 66.7 Å². The highest BCUT2D eigenvalue weighted by Crippen LogP contribution is 2.44. The Morgan fingerprint density at radius 2 is 1.43 bits per heavy atom. The molecule has 4 nitrogen and oxygen atoms in total. The van der Waals surface area contributed by atoms with E-state index in [2.05, 4.69) is 0 Å². The number of carbonyl (C=O) groups is 3. The van der Waals surface area contributed by atoms with Crippen molar-refractivity contribution in [2.75, 3.05) is 0 Å². The maximum absolute atomic E-state index is 12.6. The molecule has 1 atom stereocenters. The summed E-state index contributed by atoms with van der Waals surface area (Å²) in [4.78, 5) is 37.7. The zero-order chi connectivity index (χ0) is 17.6. The Bertz CT molecular complexity index is 560. The average molecular weight is 320 g/mol. The second-order valence-corrected chi connectivity index (χ2v) is 8.74. The predicted octanol–water partition coefficient (Wildman–Crippen LogP) is 3.79. The van der Waals surface area contributed by atoms with E-state index in [0.717, 1.165) is 0 Å². The van der Waals surface area contributed by atoms with Crippen LogP contribution in [0.5, 0.6) is 0 Å². The van der Waals surface area contributed by atoms with Crippen LogP contribution in [0.25, 0.3) is 0 Å². The number of Topliss-reactive ketones (excluding diaryl/α,β-unsaturated/α-hetero) is 3. The summed E-state index contributed by atoms with van der Waals surface area (Å²) in [5, 5.41) is 10.4. The normalized spacial score (nSPS) is 26.6. The summed E-state index contributed by atoms with van der Waals surface area (Å²) in [6.45, 7) is 9.60. The van der Waals surface area contributed by atoms with Crippen LogP contribution in [0.15, 0.2) is 11.3 Å². The Morgan fingerprint density at radius 3 is 1.87 bits per heavy atom. The third kappa shape index (κ3) is 3.56. The van der Waals surface area contributed by atoms with Crippen molar-refractivity contribution in [2.24, 2.45) is 22.7 Å². The van der Waals surface area contributed by atoms with Gasteiger partial charge in [0, 0.05) is 37.2 Å². The van der Waals surface area contributed by atoms with E-state index in [1.54, 1.807) is 0 Å². The minimum atomic E-state index is -0.768. The zero-order valence-corrected chi connectivity index (χ0v) is 14.9. The molecule has 1 N–H and O–H groups in total. The van der Waals surface area contributed by atoms with Crippen molar-refractivity contribution in [3.05, 3.63) is 11.3 Å². The maximum atomic E-state index is 12.6. The van der Waals surface area contributed by atoms with Crippen LogP contribution in [0.1, 0.15) is 66.7 Å². The van der Waals surface area contributed by atoms with Gasteiger partial charge in [-0.1, -0.05) is 34.6 Å². The zero-order valence-electron chi connectivity index (χ0n) is 14.9. The first-order valence-corrected chi connectivity index (χ1v) is 8.48. The van der Waals surface area contributed by atoms with Crippen LogP contribution in [0.3, 0.4) is 0 Å². The molecule has 128 valence electrons. The quantitative estimate of drug-likeness (QED) is 0.803. The summed E-state index contributed by atoms with van der Waals surface area (Å²) in [6, 6.07) is 0. The average Bonchev–Trinajstić information content (AvgIpc) is 2.31. The Balaban J connectivity index is 2.38. The molecule has 4 heteroatoms.